The van der Waals surface area contributed by atoms with Crippen molar-refractivity contribution >= 4 is 11.6 Å². The molecule has 1 N–H and O–H groups in total. The fraction of sp³-hybridized carbons (Fsp3) is 0.600. The molecule has 1 saturated heterocycles. The van der Waals surface area contributed by atoms with Crippen LogP contribution in [0.15, 0.2) is 12.1 Å². The van der Waals surface area contributed by atoms with Gasteiger partial charge in [-0.1, -0.05) is 18.5 Å². The highest BCUT2D eigenvalue weighted by Crippen LogP contribution is 2.35. The molecule has 1 unspecified atom stereocenters. The van der Waals surface area contributed by atoms with Crippen LogP contribution in [0.2, 0.25) is 5.02 Å². The van der Waals surface area contributed by atoms with Crippen molar-refractivity contribution in [1.29, 1.82) is 0 Å². The summed E-state index contributed by atoms with van der Waals surface area (Å²) in [6, 6.07) is 3.69. The normalized spacial score (nSPS) is 18.2. The Morgan fingerprint density at radius 2 is 2.30 bits per heavy atom. The minimum absolute atomic E-state index is 0.183. The van der Waals surface area contributed by atoms with Gasteiger partial charge in [0, 0.05) is 29.8 Å². The Morgan fingerprint density at radius 3 is 2.95 bits per heavy atom. The molecule has 1 aromatic carbocycles. The SMILES string of the molecule is CCNCc1cc(Cl)cc(OC)c1OCC1CCCO1. The van der Waals surface area contributed by atoms with Gasteiger partial charge in [-0.25, -0.2) is 0 Å². The van der Waals surface area contributed by atoms with Gasteiger partial charge in [-0.2, -0.15) is 0 Å². The Kier molecular flexibility index (Phi) is 5.95. The van der Waals surface area contributed by atoms with Gasteiger partial charge in [-0.3, -0.25) is 0 Å². The summed E-state index contributed by atoms with van der Waals surface area (Å²) in [7, 11) is 1.63. The van der Waals surface area contributed by atoms with Crippen molar-refractivity contribution in [2.24, 2.45) is 0 Å². The second kappa shape index (κ2) is 7.72. The van der Waals surface area contributed by atoms with Gasteiger partial charge in [0.05, 0.1) is 13.2 Å². The van der Waals surface area contributed by atoms with Crippen molar-refractivity contribution in [3.63, 3.8) is 0 Å². The largest absolute Gasteiger partial charge is 0.493 e. The molecular weight excluding hydrogens is 278 g/mol. The lowest BCUT2D eigenvalue weighted by Gasteiger charge is -2.18. The van der Waals surface area contributed by atoms with Crippen LogP contribution in [0.4, 0.5) is 0 Å². The molecule has 5 heteroatoms. The molecule has 1 aromatic rings. The molecule has 1 aliphatic heterocycles. The van der Waals surface area contributed by atoms with Gasteiger partial charge in [0.25, 0.3) is 0 Å². The van der Waals surface area contributed by atoms with Crippen LogP contribution >= 0.6 is 11.6 Å². The van der Waals surface area contributed by atoms with Crippen LogP contribution in [0.3, 0.4) is 0 Å². The monoisotopic (exact) mass is 299 g/mol. The lowest BCUT2D eigenvalue weighted by molar-refractivity contribution is 0.0666. The van der Waals surface area contributed by atoms with Gasteiger partial charge >= 0.3 is 0 Å². The predicted molar refractivity (Wildman–Crippen MR) is 79.9 cm³/mol. The summed E-state index contributed by atoms with van der Waals surface area (Å²) >= 11 is 6.12. The lowest BCUT2D eigenvalue weighted by Crippen LogP contribution is -2.19. The highest BCUT2D eigenvalue weighted by atomic mass is 35.5. The first-order valence-electron chi connectivity index (χ1n) is 7.06. The number of ether oxygens (including phenoxy) is 3. The third kappa shape index (κ3) is 4.01. The maximum Gasteiger partial charge on any atom is 0.165 e. The molecular formula is C15H22ClNO3. The zero-order valence-corrected chi connectivity index (χ0v) is 12.8. The minimum atomic E-state index is 0.183. The topological polar surface area (TPSA) is 39.7 Å². The van der Waals surface area contributed by atoms with Crippen molar-refractivity contribution in [2.45, 2.75) is 32.4 Å². The van der Waals surface area contributed by atoms with Crippen LogP contribution in [-0.4, -0.2) is 33.0 Å². The molecule has 112 valence electrons. The van der Waals surface area contributed by atoms with Gasteiger partial charge in [-0.05, 0) is 25.5 Å². The van der Waals surface area contributed by atoms with E-state index in [1.807, 2.05) is 6.07 Å². The van der Waals surface area contributed by atoms with Crippen molar-refractivity contribution in [1.82, 2.24) is 5.32 Å². The van der Waals surface area contributed by atoms with E-state index in [1.54, 1.807) is 13.2 Å². The molecule has 0 spiro atoms. The van der Waals surface area contributed by atoms with E-state index >= 15 is 0 Å². The Morgan fingerprint density at radius 1 is 1.45 bits per heavy atom. The molecule has 1 heterocycles. The lowest BCUT2D eigenvalue weighted by atomic mass is 10.1. The number of rotatable bonds is 7. The first kappa shape index (κ1) is 15.4. The number of halogens is 1. The maximum atomic E-state index is 6.12. The molecule has 1 aliphatic rings. The Labute approximate surface area is 125 Å². The summed E-state index contributed by atoms with van der Waals surface area (Å²) in [4.78, 5) is 0. The molecule has 0 aliphatic carbocycles. The van der Waals surface area contributed by atoms with Gasteiger partial charge in [0.2, 0.25) is 0 Å². The summed E-state index contributed by atoms with van der Waals surface area (Å²) in [6.07, 6.45) is 2.34. The summed E-state index contributed by atoms with van der Waals surface area (Å²) in [5, 5.41) is 3.94. The third-order valence-corrected chi connectivity index (χ3v) is 3.54. The zero-order valence-electron chi connectivity index (χ0n) is 12.1. The number of hydrogen-bond donors (Lipinski definition) is 1. The zero-order chi connectivity index (χ0) is 14.4. The van der Waals surface area contributed by atoms with Crippen molar-refractivity contribution < 1.29 is 14.2 Å². The standard InChI is InChI=1S/C15H22ClNO3/c1-3-17-9-11-7-12(16)8-14(18-2)15(11)20-10-13-5-4-6-19-13/h7-8,13,17H,3-6,9-10H2,1-2H3. The molecule has 0 saturated carbocycles. The Bertz CT molecular complexity index is 433. The Balaban J connectivity index is 2.13. The quantitative estimate of drug-likeness (QED) is 0.840. The highest BCUT2D eigenvalue weighted by molar-refractivity contribution is 6.30. The fourth-order valence-corrected chi connectivity index (χ4v) is 2.51. The maximum absolute atomic E-state index is 6.12. The van der Waals surface area contributed by atoms with Crippen molar-refractivity contribution in [2.75, 3.05) is 26.9 Å². The van der Waals surface area contributed by atoms with Crippen LogP contribution in [-0.2, 0) is 11.3 Å². The molecule has 0 aromatic heterocycles. The summed E-state index contributed by atoms with van der Waals surface area (Å²) in [6.45, 7) is 5.04. The molecule has 4 nitrogen and oxygen atoms in total. The molecule has 2 rings (SSSR count). The van der Waals surface area contributed by atoms with E-state index in [0.717, 1.165) is 37.3 Å². The first-order chi connectivity index (χ1) is 9.74. The predicted octanol–water partition coefficient (Wildman–Crippen LogP) is 3.02. The van der Waals surface area contributed by atoms with Crippen LogP contribution in [0.5, 0.6) is 11.5 Å². The van der Waals surface area contributed by atoms with E-state index < -0.39 is 0 Å². The fourth-order valence-electron chi connectivity index (χ4n) is 2.28. The average Bonchev–Trinajstić information content (AvgIpc) is 2.96. The minimum Gasteiger partial charge on any atom is -0.493 e. The summed E-state index contributed by atoms with van der Waals surface area (Å²) in [5.41, 5.74) is 1.01. The Hall–Kier alpha value is -0.970. The van der Waals surface area contributed by atoms with Gasteiger partial charge < -0.3 is 19.5 Å². The molecule has 0 bridgehead atoms. The van der Waals surface area contributed by atoms with Crippen LogP contribution in [0.25, 0.3) is 0 Å². The number of nitrogens with one attached hydrogen (secondary N) is 1. The second-order valence-corrected chi connectivity index (χ2v) is 5.26. The van der Waals surface area contributed by atoms with E-state index in [0.29, 0.717) is 23.9 Å². The first-order valence-corrected chi connectivity index (χ1v) is 7.44. The van der Waals surface area contributed by atoms with E-state index in [4.69, 9.17) is 25.8 Å². The van der Waals surface area contributed by atoms with E-state index in [-0.39, 0.29) is 6.10 Å². The molecule has 0 amide bonds. The molecule has 20 heavy (non-hydrogen) atoms. The van der Waals surface area contributed by atoms with E-state index in [9.17, 15) is 0 Å². The van der Waals surface area contributed by atoms with Crippen LogP contribution in [0.1, 0.15) is 25.3 Å². The van der Waals surface area contributed by atoms with Gasteiger partial charge in [0.15, 0.2) is 11.5 Å². The number of hydrogen-bond acceptors (Lipinski definition) is 4. The van der Waals surface area contributed by atoms with Crippen LogP contribution < -0.4 is 14.8 Å². The van der Waals surface area contributed by atoms with Gasteiger partial charge in [-0.15, -0.1) is 0 Å². The molecule has 1 fully saturated rings. The highest BCUT2D eigenvalue weighted by Gasteiger charge is 2.19. The number of methoxy groups -OCH3 is 1. The van der Waals surface area contributed by atoms with E-state index in [2.05, 4.69) is 12.2 Å². The third-order valence-electron chi connectivity index (χ3n) is 3.32. The van der Waals surface area contributed by atoms with Crippen molar-refractivity contribution in [3.05, 3.63) is 22.7 Å². The van der Waals surface area contributed by atoms with Gasteiger partial charge in [0.1, 0.15) is 6.61 Å². The molecule has 0 radical (unpaired) electrons. The van der Waals surface area contributed by atoms with Crippen LogP contribution in [0, 0.1) is 0 Å². The summed E-state index contributed by atoms with van der Waals surface area (Å²) < 4.78 is 16.9. The average molecular weight is 300 g/mol. The second-order valence-electron chi connectivity index (χ2n) is 4.82. The molecule has 1 atom stereocenters. The summed E-state index contributed by atoms with van der Waals surface area (Å²) in [5.74, 6) is 1.43. The smallest absolute Gasteiger partial charge is 0.165 e. The van der Waals surface area contributed by atoms with Crippen molar-refractivity contribution in [3.8, 4) is 11.5 Å². The van der Waals surface area contributed by atoms with E-state index in [1.165, 1.54) is 0 Å². The number of benzene rings is 1.